The minimum atomic E-state index is -4.97. The Hall–Kier alpha value is -7.44. The lowest BCUT2D eigenvalue weighted by molar-refractivity contribution is -0.156. The zero-order valence-corrected chi connectivity index (χ0v) is 45.8. The van der Waals surface area contributed by atoms with Crippen LogP contribution in [0, 0.1) is 5.41 Å². The van der Waals surface area contributed by atoms with Crippen LogP contribution in [0.5, 0.6) is 11.5 Å². The molecule has 0 radical (unpaired) electrons. The van der Waals surface area contributed by atoms with E-state index in [-0.39, 0.29) is 54.4 Å². The Morgan fingerprint density at radius 3 is 2.41 bits per heavy atom. The van der Waals surface area contributed by atoms with E-state index < -0.39 is 103 Å². The Morgan fingerprint density at radius 2 is 1.71 bits per heavy atom. The zero-order valence-electron chi connectivity index (χ0n) is 44.3. The van der Waals surface area contributed by atoms with Crippen molar-refractivity contribution in [3.8, 4) is 11.5 Å². The van der Waals surface area contributed by atoms with Crippen LogP contribution >= 0.6 is 11.6 Å². The fourth-order valence-electron chi connectivity index (χ4n) is 10.4. The molecule has 6 amide bonds. The number of hydrogen-bond acceptors (Lipinski definition) is 16. The highest BCUT2D eigenvalue weighted by Gasteiger charge is 2.83. The number of methoxy groups -OCH3 is 1. The van der Waals surface area contributed by atoms with E-state index >= 15 is 0 Å². The summed E-state index contributed by atoms with van der Waals surface area (Å²) in [6.07, 6.45) is 7.17. The molecule has 8 rings (SSSR count). The number of allylic oxidation sites excluding steroid dienone is 3. The number of anilines is 2. The van der Waals surface area contributed by atoms with Crippen molar-refractivity contribution in [2.45, 2.75) is 120 Å². The first-order valence-electron chi connectivity index (χ1n) is 25.4. The molecule has 4 aliphatic heterocycles. The number of benzene rings is 3. The Bertz CT molecular complexity index is 3220. The lowest BCUT2D eigenvalue weighted by Crippen LogP contribution is -2.58. The van der Waals surface area contributed by atoms with Crippen LogP contribution in [0.25, 0.3) is 0 Å². The SMILES string of the molecule is COc1cc2cc(c1Cl)N(C)C(=O)C[C@H](OC(=O)COc1ccc(/C(C)=N/NC(=O)c3ccc(NC(=O)CCCCCN4C(=O)C=CC4=O)cc3S(=O)(=O)O)cc1)[C@]1(C)O[C@H]1C1(C)CC13C[C@](O)(C/C=C/C=C(\C)C2)NC(=O)O3. The maximum atomic E-state index is 14.3. The van der Waals surface area contributed by atoms with Crippen LogP contribution in [0.3, 0.4) is 0 Å². The van der Waals surface area contributed by atoms with Gasteiger partial charge in [-0.15, -0.1) is 0 Å². The number of carbonyl (C=O) groups is 7. The van der Waals surface area contributed by atoms with Gasteiger partial charge in [0.15, 0.2) is 6.61 Å². The molecule has 1 spiro atoms. The molecular formula is C55H61ClN6O16S. The molecule has 2 unspecified atom stereocenters. The average Bonchev–Trinajstić information content (AvgIpc) is 3.27. The summed E-state index contributed by atoms with van der Waals surface area (Å²) in [6, 6.07) is 13.1. The van der Waals surface area contributed by atoms with Crippen molar-refractivity contribution in [3.63, 3.8) is 0 Å². The standard InChI is InChI=1S/C55H61ClN6O16S/c1-32-12-9-10-22-55(70)31-54(78-51(69)58-55)30-52(54,3)50-53(4,77-50)42(28-46(66)61(5)39-25-34(24-32)26-40(74-6)48(39)56)76-47(67)29-75-37-17-14-35(15-18-37)33(2)59-60-49(68)38-19-16-36(27-41(38)79(71,72)73)57-43(63)13-8-7-11-23-62-44(64)20-21-45(62)65/h9-10,12,14-21,25-27,42,50,70H,7-8,11,13,22-24,28-31H2,1-6H3,(H,57,63)(H,58,69)(H,60,68)(H,71,72,73)/b10-9+,32-12+,59-33+/t42-,50-,52?,53-,54?,55+/m0/s1. The smallest absolute Gasteiger partial charge is 0.409 e. The van der Waals surface area contributed by atoms with E-state index in [1.165, 1.54) is 42.4 Å². The van der Waals surface area contributed by atoms with Crippen molar-refractivity contribution in [2.75, 3.05) is 37.5 Å². The van der Waals surface area contributed by atoms with Crippen LogP contribution in [0.2, 0.25) is 5.02 Å². The van der Waals surface area contributed by atoms with Crippen molar-refractivity contribution in [1.29, 1.82) is 0 Å². The Labute approximate surface area is 460 Å². The molecule has 5 aliphatic rings. The Kier molecular flexibility index (Phi) is 16.6. The van der Waals surface area contributed by atoms with Gasteiger partial charge < -0.3 is 39.0 Å². The summed E-state index contributed by atoms with van der Waals surface area (Å²) >= 11 is 6.80. The lowest BCUT2D eigenvalue weighted by Gasteiger charge is -2.39. The van der Waals surface area contributed by atoms with Crippen LogP contribution in [-0.4, -0.2) is 127 Å². The predicted octanol–water partition coefficient (Wildman–Crippen LogP) is 6.09. The summed E-state index contributed by atoms with van der Waals surface area (Å²) in [4.78, 5) is 92.1. The number of unbranched alkanes of at least 4 members (excludes halogenated alkanes) is 2. The molecule has 5 N–H and O–H groups in total. The molecule has 22 nitrogen and oxygen atoms in total. The molecule has 4 bridgehead atoms. The Balaban J connectivity index is 0.906. The fourth-order valence-corrected chi connectivity index (χ4v) is 11.4. The van der Waals surface area contributed by atoms with Crippen LogP contribution in [0.1, 0.15) is 101 Å². The minimum Gasteiger partial charge on any atom is -0.495 e. The zero-order chi connectivity index (χ0) is 57.2. The topological polar surface area (TPSA) is 298 Å². The largest absolute Gasteiger partial charge is 0.495 e. The van der Waals surface area contributed by atoms with Crippen LogP contribution in [0.15, 0.2) is 101 Å². The highest BCUT2D eigenvalue weighted by atomic mass is 35.5. The predicted molar refractivity (Wildman–Crippen MR) is 286 cm³/mol. The highest BCUT2D eigenvalue weighted by molar-refractivity contribution is 7.86. The first-order valence-corrected chi connectivity index (χ1v) is 27.2. The first-order chi connectivity index (χ1) is 37.3. The first kappa shape index (κ1) is 57.7. The molecule has 24 heteroatoms. The number of amides is 6. The molecule has 3 aromatic rings. The molecule has 79 heavy (non-hydrogen) atoms. The molecule has 6 atom stereocenters. The number of alkyl carbamates (subject to hydrolysis) is 1. The average molecular weight is 1130 g/mol. The number of imide groups is 1. The summed E-state index contributed by atoms with van der Waals surface area (Å²) in [7, 11) is -1.95. The van der Waals surface area contributed by atoms with Gasteiger partial charge in [-0.05, 0) is 112 Å². The van der Waals surface area contributed by atoms with E-state index in [0.717, 1.165) is 28.2 Å². The number of hydrazone groups is 1. The number of hydrogen-bond donors (Lipinski definition) is 5. The monoisotopic (exact) mass is 1130 g/mol. The molecule has 3 fully saturated rings. The summed E-state index contributed by atoms with van der Waals surface area (Å²) < 4.78 is 64.5. The number of aliphatic hydroxyl groups is 1. The third kappa shape index (κ3) is 12.9. The van der Waals surface area contributed by atoms with E-state index in [1.807, 2.05) is 19.9 Å². The second-order valence-corrected chi connectivity index (χ2v) is 22.5. The van der Waals surface area contributed by atoms with Gasteiger partial charge in [0.2, 0.25) is 11.8 Å². The van der Waals surface area contributed by atoms with Crippen molar-refractivity contribution < 1.29 is 75.3 Å². The van der Waals surface area contributed by atoms with Gasteiger partial charge in [0.25, 0.3) is 27.8 Å². The summed E-state index contributed by atoms with van der Waals surface area (Å²) in [6.45, 7) is 6.67. The van der Waals surface area contributed by atoms with E-state index in [0.29, 0.717) is 49.1 Å². The van der Waals surface area contributed by atoms with Crippen molar-refractivity contribution in [2.24, 2.45) is 10.5 Å². The number of carbonyl (C=O) groups excluding carboxylic acids is 7. The molecule has 1 aliphatic carbocycles. The van der Waals surface area contributed by atoms with Gasteiger partial charge in [0, 0.05) is 56.1 Å². The minimum absolute atomic E-state index is 0.00204. The van der Waals surface area contributed by atoms with Crippen LogP contribution < -0.4 is 30.4 Å². The molecule has 0 aromatic heterocycles. The number of halogens is 1. The molecule has 1 saturated carbocycles. The molecular weight excluding hydrogens is 1070 g/mol. The summed E-state index contributed by atoms with van der Waals surface area (Å²) in [5.41, 5.74) is -0.224. The lowest BCUT2D eigenvalue weighted by atomic mass is 9.84. The third-order valence-electron chi connectivity index (χ3n) is 14.9. The van der Waals surface area contributed by atoms with Gasteiger partial charge in [0.1, 0.15) is 50.6 Å². The number of ether oxygens (including phenoxy) is 5. The van der Waals surface area contributed by atoms with Crippen LogP contribution in [-0.2, 0) is 54.7 Å². The molecule has 3 aromatic carbocycles. The summed E-state index contributed by atoms with van der Waals surface area (Å²) in [5, 5.41) is 21.1. The van der Waals surface area contributed by atoms with Crippen LogP contribution in [0.4, 0.5) is 16.2 Å². The number of rotatable bonds is 16. The molecule has 420 valence electrons. The van der Waals surface area contributed by atoms with Gasteiger partial charge in [-0.1, -0.05) is 48.7 Å². The van der Waals surface area contributed by atoms with Crippen molar-refractivity contribution >= 4 is 80.4 Å². The van der Waals surface area contributed by atoms with Gasteiger partial charge in [-0.3, -0.25) is 38.7 Å². The number of nitrogens with zero attached hydrogens (tertiary/aromatic N) is 3. The van der Waals surface area contributed by atoms with E-state index in [9.17, 15) is 51.6 Å². The molecule has 2 saturated heterocycles. The second-order valence-electron chi connectivity index (χ2n) is 20.7. The van der Waals surface area contributed by atoms with Crippen molar-refractivity contribution in [1.82, 2.24) is 15.6 Å². The molecule has 4 heterocycles. The summed E-state index contributed by atoms with van der Waals surface area (Å²) in [5.74, 6) is -3.00. The van der Waals surface area contributed by atoms with Gasteiger partial charge in [-0.2, -0.15) is 13.5 Å². The third-order valence-corrected chi connectivity index (χ3v) is 16.1. The Morgan fingerprint density at radius 1 is 0.987 bits per heavy atom. The number of fused-ring (bicyclic) bond motifs is 5. The quantitative estimate of drug-likeness (QED) is 0.0206. The fraction of sp³-hybridized carbons (Fsp3) is 0.418. The van der Waals surface area contributed by atoms with Gasteiger partial charge in [0.05, 0.1) is 30.5 Å². The van der Waals surface area contributed by atoms with E-state index in [2.05, 4.69) is 21.2 Å². The second kappa shape index (κ2) is 22.7. The number of esters is 1. The van der Waals surface area contributed by atoms with Crippen molar-refractivity contribution in [3.05, 3.63) is 112 Å². The number of epoxide rings is 1. The normalized spacial score (nSPS) is 26.8. The van der Waals surface area contributed by atoms with Gasteiger partial charge >= 0.3 is 12.1 Å². The van der Waals surface area contributed by atoms with E-state index in [4.69, 9.17) is 35.3 Å². The van der Waals surface area contributed by atoms with E-state index in [1.54, 1.807) is 57.3 Å². The van der Waals surface area contributed by atoms with Gasteiger partial charge in [-0.25, -0.2) is 15.0 Å². The maximum Gasteiger partial charge on any atom is 0.409 e. The number of nitrogens with one attached hydrogen (secondary N) is 3. The maximum absolute atomic E-state index is 14.3. The highest BCUT2D eigenvalue weighted by Crippen LogP contribution is 2.72.